The number of hydrogen-bond donors (Lipinski definition) is 0. The highest BCUT2D eigenvalue weighted by Gasteiger charge is 2.33. The molecule has 0 fully saturated rings. The van der Waals surface area contributed by atoms with Gasteiger partial charge >= 0.3 is 0 Å². The molecule has 0 radical (unpaired) electrons. The minimum Gasteiger partial charge on any atom is -0.319 e. The van der Waals surface area contributed by atoms with Crippen LogP contribution >= 0.6 is 7.14 Å². The van der Waals surface area contributed by atoms with Crippen molar-refractivity contribution in [2.24, 2.45) is 0 Å². The maximum Gasteiger partial charge on any atom is 0.171 e. The van der Waals surface area contributed by atoms with E-state index in [-0.39, 0.29) is 0 Å². The second-order valence-electron chi connectivity index (χ2n) is 8.79. The molecule has 0 bridgehead atoms. The average molecular weight is 485 g/mol. The van der Waals surface area contributed by atoms with Gasteiger partial charge in [-0.1, -0.05) is 127 Å². The van der Waals surface area contributed by atoms with E-state index >= 15 is 4.57 Å². The van der Waals surface area contributed by atoms with Gasteiger partial charge in [0.15, 0.2) is 7.14 Å². The first-order chi connectivity index (χ1) is 17.7. The molecule has 6 aromatic rings. The van der Waals surface area contributed by atoms with Crippen molar-refractivity contribution in [2.45, 2.75) is 6.54 Å². The Morgan fingerprint density at radius 2 is 1.11 bits per heavy atom. The molecule has 0 amide bonds. The van der Waals surface area contributed by atoms with E-state index in [0.29, 0.717) is 6.54 Å². The summed E-state index contributed by atoms with van der Waals surface area (Å²) in [6, 6.07) is 46.3. The van der Waals surface area contributed by atoms with Crippen LogP contribution in [0.25, 0.3) is 22.4 Å². The SMILES string of the molecule is O=P(c1ccccc1)(c1ccccc1)c1ccccc1-c1nc2ccccc2n1Cc1ccccc1. The van der Waals surface area contributed by atoms with Crippen molar-refractivity contribution in [3.8, 4) is 11.4 Å². The number of para-hydroxylation sites is 2. The highest BCUT2D eigenvalue weighted by Crippen LogP contribution is 2.45. The van der Waals surface area contributed by atoms with Gasteiger partial charge in [-0.25, -0.2) is 4.98 Å². The summed E-state index contributed by atoms with van der Waals surface area (Å²) in [6.45, 7) is 0.673. The maximum absolute atomic E-state index is 15.3. The van der Waals surface area contributed by atoms with Crippen molar-refractivity contribution < 1.29 is 4.57 Å². The second-order valence-corrected chi connectivity index (χ2v) is 11.5. The number of benzene rings is 5. The minimum absolute atomic E-state index is 0.673. The summed E-state index contributed by atoms with van der Waals surface area (Å²) < 4.78 is 17.5. The molecule has 0 spiro atoms. The number of rotatable bonds is 6. The Labute approximate surface area is 211 Å². The van der Waals surface area contributed by atoms with Crippen molar-refractivity contribution in [3.05, 3.63) is 145 Å². The number of fused-ring (bicyclic) bond motifs is 1. The van der Waals surface area contributed by atoms with E-state index in [1.165, 1.54) is 5.56 Å². The van der Waals surface area contributed by atoms with Gasteiger partial charge in [0, 0.05) is 28.0 Å². The molecule has 36 heavy (non-hydrogen) atoms. The lowest BCUT2D eigenvalue weighted by atomic mass is 10.2. The zero-order chi connectivity index (χ0) is 24.4. The van der Waals surface area contributed by atoms with Gasteiger partial charge in [0.1, 0.15) is 5.82 Å². The summed E-state index contributed by atoms with van der Waals surface area (Å²) in [5.74, 6) is 0.822. The zero-order valence-corrected chi connectivity index (χ0v) is 20.6. The lowest BCUT2D eigenvalue weighted by Gasteiger charge is -2.23. The van der Waals surface area contributed by atoms with Crippen molar-refractivity contribution >= 4 is 34.1 Å². The predicted octanol–water partition coefficient (Wildman–Crippen LogP) is 6.39. The van der Waals surface area contributed by atoms with E-state index in [9.17, 15) is 0 Å². The molecular formula is C32H25N2OP. The van der Waals surface area contributed by atoms with Crippen molar-refractivity contribution in [2.75, 3.05) is 0 Å². The Kier molecular flexibility index (Phi) is 5.85. The fourth-order valence-corrected chi connectivity index (χ4v) is 7.70. The number of nitrogens with zero attached hydrogens (tertiary/aromatic N) is 2. The molecule has 0 saturated carbocycles. The number of aromatic nitrogens is 2. The van der Waals surface area contributed by atoms with Crippen molar-refractivity contribution in [1.82, 2.24) is 9.55 Å². The van der Waals surface area contributed by atoms with E-state index in [1.54, 1.807) is 0 Å². The largest absolute Gasteiger partial charge is 0.319 e. The monoisotopic (exact) mass is 484 g/mol. The quantitative estimate of drug-likeness (QED) is 0.257. The first-order valence-electron chi connectivity index (χ1n) is 12.1. The van der Waals surface area contributed by atoms with Crippen LogP contribution in [0.5, 0.6) is 0 Å². The van der Waals surface area contributed by atoms with Crippen LogP contribution < -0.4 is 15.9 Å². The third kappa shape index (κ3) is 3.88. The normalized spacial score (nSPS) is 11.6. The van der Waals surface area contributed by atoms with Gasteiger partial charge in [0.05, 0.1) is 11.0 Å². The van der Waals surface area contributed by atoms with Crippen LogP contribution in [0, 0.1) is 0 Å². The molecule has 174 valence electrons. The van der Waals surface area contributed by atoms with Crippen molar-refractivity contribution in [1.29, 1.82) is 0 Å². The van der Waals surface area contributed by atoms with E-state index in [1.807, 2.05) is 103 Å². The molecular weight excluding hydrogens is 459 g/mol. The molecule has 0 unspecified atom stereocenters. The minimum atomic E-state index is -3.18. The highest BCUT2D eigenvalue weighted by molar-refractivity contribution is 7.85. The third-order valence-electron chi connectivity index (χ3n) is 6.56. The van der Waals surface area contributed by atoms with E-state index in [4.69, 9.17) is 4.98 Å². The molecule has 0 saturated heterocycles. The van der Waals surface area contributed by atoms with Crippen LogP contribution in [0.4, 0.5) is 0 Å². The summed E-state index contributed by atoms with van der Waals surface area (Å²) in [5, 5.41) is 2.43. The van der Waals surface area contributed by atoms with Crippen molar-refractivity contribution in [3.63, 3.8) is 0 Å². The third-order valence-corrected chi connectivity index (χ3v) is 9.68. The van der Waals surface area contributed by atoms with Crippen LogP contribution in [0.1, 0.15) is 5.56 Å². The summed E-state index contributed by atoms with van der Waals surface area (Å²) in [5.41, 5.74) is 4.06. The average Bonchev–Trinajstić information content (AvgIpc) is 3.32. The van der Waals surface area contributed by atoms with Gasteiger partial charge in [-0.15, -0.1) is 0 Å². The van der Waals surface area contributed by atoms with Gasteiger partial charge in [-0.3, -0.25) is 0 Å². The topological polar surface area (TPSA) is 34.9 Å². The van der Waals surface area contributed by atoms with Gasteiger partial charge < -0.3 is 9.13 Å². The first-order valence-corrected chi connectivity index (χ1v) is 13.8. The Morgan fingerprint density at radius 3 is 1.78 bits per heavy atom. The van der Waals surface area contributed by atoms with Gasteiger partial charge in [-0.2, -0.15) is 0 Å². The molecule has 1 heterocycles. The zero-order valence-electron chi connectivity index (χ0n) is 19.7. The van der Waals surface area contributed by atoms with Crippen LogP contribution in [-0.4, -0.2) is 9.55 Å². The van der Waals surface area contributed by atoms with Gasteiger partial charge in [0.25, 0.3) is 0 Å². The van der Waals surface area contributed by atoms with Gasteiger partial charge in [-0.05, 0) is 17.7 Å². The summed E-state index contributed by atoms with van der Waals surface area (Å²) in [6.07, 6.45) is 0. The fraction of sp³-hybridized carbons (Fsp3) is 0.0312. The molecule has 0 N–H and O–H groups in total. The molecule has 1 aromatic heterocycles. The number of imidazole rings is 1. The summed E-state index contributed by atoms with van der Waals surface area (Å²) in [4.78, 5) is 5.08. The lowest BCUT2D eigenvalue weighted by molar-refractivity contribution is 0.592. The number of hydrogen-bond acceptors (Lipinski definition) is 2. The predicted molar refractivity (Wildman–Crippen MR) is 150 cm³/mol. The molecule has 0 aliphatic carbocycles. The first kappa shape index (κ1) is 22.3. The molecule has 3 nitrogen and oxygen atoms in total. The Morgan fingerprint density at radius 1 is 0.583 bits per heavy atom. The fourth-order valence-electron chi connectivity index (χ4n) is 4.85. The summed E-state index contributed by atoms with van der Waals surface area (Å²) >= 11 is 0. The Hall–Kier alpha value is -4.20. The highest BCUT2D eigenvalue weighted by atomic mass is 31.2. The maximum atomic E-state index is 15.3. The van der Waals surface area contributed by atoms with Gasteiger partial charge in [0.2, 0.25) is 0 Å². The van der Waals surface area contributed by atoms with Crippen LogP contribution in [0.15, 0.2) is 140 Å². The Balaban J connectivity index is 1.63. The Bertz CT molecular complexity index is 1630. The van der Waals surface area contributed by atoms with E-state index in [0.717, 1.165) is 38.3 Å². The standard InChI is InChI=1S/C32H25N2OP/c35-36(26-16-6-2-7-17-26,27-18-8-3-9-19-27)31-23-13-10-20-28(31)32-33-29-21-11-12-22-30(29)34(32)24-25-14-4-1-5-15-25/h1-23H,24H2. The lowest BCUT2D eigenvalue weighted by Crippen LogP contribution is -2.26. The van der Waals surface area contributed by atoms with Crippen LogP contribution in [0.2, 0.25) is 0 Å². The van der Waals surface area contributed by atoms with E-state index in [2.05, 4.69) is 41.0 Å². The molecule has 0 aliphatic rings. The molecule has 0 atom stereocenters. The smallest absolute Gasteiger partial charge is 0.171 e. The second kappa shape index (κ2) is 9.45. The van der Waals surface area contributed by atoms with Crippen LogP contribution in [0.3, 0.4) is 0 Å². The molecule has 5 aromatic carbocycles. The van der Waals surface area contributed by atoms with Crippen LogP contribution in [-0.2, 0) is 11.1 Å². The molecule has 6 rings (SSSR count). The molecule has 4 heteroatoms. The van der Waals surface area contributed by atoms with E-state index < -0.39 is 7.14 Å². The summed E-state index contributed by atoms with van der Waals surface area (Å²) in [7, 11) is -3.18. The molecule has 0 aliphatic heterocycles.